The van der Waals surface area contributed by atoms with Crippen molar-refractivity contribution >= 4 is 17.3 Å². The zero-order chi connectivity index (χ0) is 19.8. The highest BCUT2D eigenvalue weighted by atomic mass is 16.5. The van der Waals surface area contributed by atoms with Crippen LogP contribution in [0.25, 0.3) is 0 Å². The predicted molar refractivity (Wildman–Crippen MR) is 114 cm³/mol. The maximum absolute atomic E-state index is 12.0. The van der Waals surface area contributed by atoms with E-state index in [1.54, 1.807) is 7.11 Å². The summed E-state index contributed by atoms with van der Waals surface area (Å²) in [6, 6.07) is 16.0. The van der Waals surface area contributed by atoms with Crippen molar-refractivity contribution in [3.8, 4) is 5.75 Å². The Kier molecular flexibility index (Phi) is 7.06. The third-order valence-electron chi connectivity index (χ3n) is 5.30. The lowest BCUT2D eigenvalue weighted by Crippen LogP contribution is -2.26. The highest BCUT2D eigenvalue weighted by molar-refractivity contribution is 5.99. The van der Waals surface area contributed by atoms with Crippen molar-refractivity contribution < 1.29 is 9.53 Å². The van der Waals surface area contributed by atoms with Gasteiger partial charge in [-0.3, -0.25) is 4.79 Å². The van der Waals surface area contributed by atoms with Crippen molar-refractivity contribution in [2.45, 2.75) is 44.9 Å². The molecule has 0 atom stereocenters. The zero-order valence-electron chi connectivity index (χ0n) is 16.7. The van der Waals surface area contributed by atoms with Crippen LogP contribution in [0.15, 0.2) is 53.6 Å². The first kappa shape index (κ1) is 19.9. The summed E-state index contributed by atoms with van der Waals surface area (Å²) in [7, 11) is 1.62. The molecule has 0 aromatic heterocycles. The molecular weight excluding hydrogens is 350 g/mol. The van der Waals surface area contributed by atoms with Crippen molar-refractivity contribution in [1.82, 2.24) is 5.43 Å². The van der Waals surface area contributed by atoms with Gasteiger partial charge in [0.1, 0.15) is 5.75 Å². The number of carbonyl (C=O) groups excluding carboxylic acids is 1. The lowest BCUT2D eigenvalue weighted by Gasteiger charge is -2.22. The Morgan fingerprint density at radius 2 is 1.71 bits per heavy atom. The first-order valence-corrected chi connectivity index (χ1v) is 9.97. The Bertz CT molecular complexity index is 792. The molecular formula is C23H29N3O2. The fourth-order valence-corrected chi connectivity index (χ4v) is 3.57. The number of methoxy groups -OCH3 is 1. The zero-order valence-corrected chi connectivity index (χ0v) is 16.7. The molecule has 1 aliphatic rings. The van der Waals surface area contributed by atoms with Gasteiger partial charge in [0, 0.05) is 5.69 Å². The summed E-state index contributed by atoms with van der Waals surface area (Å²) in [5, 5.41) is 7.30. The molecule has 0 bridgehead atoms. The van der Waals surface area contributed by atoms with E-state index < -0.39 is 0 Å². The average molecular weight is 380 g/mol. The number of nitrogens with one attached hydrogen (secondary N) is 2. The standard InChI is InChI=1S/C23H29N3O2/c1-17(18-8-10-20(11-9-18)19-6-4-3-5-7-19)25-26-23(27)16-24-21-12-14-22(28-2)15-13-21/h8-15,19,24H,3-7,16H2,1-2H3,(H,26,27)/b25-17+. The second-order valence-corrected chi connectivity index (χ2v) is 7.27. The third kappa shape index (κ3) is 5.59. The second kappa shape index (κ2) is 9.93. The fourth-order valence-electron chi connectivity index (χ4n) is 3.57. The SMILES string of the molecule is COc1ccc(NCC(=O)N/N=C(\C)c2ccc(C3CCCCC3)cc2)cc1. The van der Waals surface area contributed by atoms with Crippen molar-refractivity contribution in [1.29, 1.82) is 0 Å². The first-order chi connectivity index (χ1) is 13.7. The van der Waals surface area contributed by atoms with E-state index in [-0.39, 0.29) is 12.5 Å². The molecule has 3 rings (SSSR count). The molecule has 2 N–H and O–H groups in total. The van der Waals surface area contributed by atoms with Crippen LogP contribution in [0.3, 0.4) is 0 Å². The van der Waals surface area contributed by atoms with Crippen LogP contribution in [0.5, 0.6) is 5.75 Å². The summed E-state index contributed by atoms with van der Waals surface area (Å²) in [5.74, 6) is 1.29. The monoisotopic (exact) mass is 379 g/mol. The minimum Gasteiger partial charge on any atom is -0.497 e. The number of carbonyl (C=O) groups is 1. The van der Waals surface area contributed by atoms with E-state index in [0.717, 1.165) is 22.7 Å². The number of nitrogens with zero attached hydrogens (tertiary/aromatic N) is 1. The van der Waals surface area contributed by atoms with Crippen LogP contribution in [0.1, 0.15) is 56.1 Å². The molecule has 0 aliphatic heterocycles. The molecule has 0 spiro atoms. The van der Waals surface area contributed by atoms with E-state index in [1.807, 2.05) is 31.2 Å². The Morgan fingerprint density at radius 1 is 1.04 bits per heavy atom. The maximum atomic E-state index is 12.0. The van der Waals surface area contributed by atoms with Gasteiger partial charge in [-0.1, -0.05) is 43.5 Å². The molecule has 1 saturated carbocycles. The summed E-state index contributed by atoms with van der Waals surface area (Å²) in [4.78, 5) is 12.0. The quantitative estimate of drug-likeness (QED) is 0.542. The summed E-state index contributed by atoms with van der Waals surface area (Å²) in [6.45, 7) is 2.07. The highest BCUT2D eigenvalue weighted by Crippen LogP contribution is 2.32. The molecule has 0 heterocycles. The number of ether oxygens (including phenoxy) is 1. The van der Waals surface area contributed by atoms with E-state index in [0.29, 0.717) is 5.92 Å². The minimum absolute atomic E-state index is 0.156. The molecule has 0 radical (unpaired) electrons. The predicted octanol–water partition coefficient (Wildman–Crippen LogP) is 4.70. The largest absolute Gasteiger partial charge is 0.497 e. The molecule has 5 heteroatoms. The number of benzene rings is 2. The molecule has 148 valence electrons. The van der Waals surface area contributed by atoms with Gasteiger partial charge in [0.2, 0.25) is 0 Å². The van der Waals surface area contributed by atoms with Gasteiger partial charge >= 0.3 is 0 Å². The normalized spacial score (nSPS) is 15.1. The average Bonchev–Trinajstić information content (AvgIpc) is 2.77. The molecule has 0 unspecified atom stereocenters. The maximum Gasteiger partial charge on any atom is 0.259 e. The third-order valence-corrected chi connectivity index (χ3v) is 5.30. The number of hydrogen-bond acceptors (Lipinski definition) is 4. The molecule has 2 aromatic rings. The van der Waals surface area contributed by atoms with Gasteiger partial charge in [0.05, 0.1) is 19.4 Å². The molecule has 1 amide bonds. The van der Waals surface area contributed by atoms with Gasteiger partial charge in [-0.25, -0.2) is 5.43 Å². The lowest BCUT2D eigenvalue weighted by molar-refractivity contribution is -0.119. The molecule has 0 saturated heterocycles. The number of hydrazone groups is 1. The van der Waals surface area contributed by atoms with Crippen LogP contribution < -0.4 is 15.5 Å². The Hall–Kier alpha value is -2.82. The summed E-state index contributed by atoms with van der Waals surface area (Å²) in [6.07, 6.45) is 6.63. The van der Waals surface area contributed by atoms with E-state index in [9.17, 15) is 4.79 Å². The number of anilines is 1. The molecule has 5 nitrogen and oxygen atoms in total. The van der Waals surface area contributed by atoms with E-state index >= 15 is 0 Å². The van der Waals surface area contributed by atoms with Gasteiger partial charge in [-0.05, 0) is 61.1 Å². The first-order valence-electron chi connectivity index (χ1n) is 9.97. The molecule has 2 aromatic carbocycles. The summed E-state index contributed by atoms with van der Waals surface area (Å²) >= 11 is 0. The van der Waals surface area contributed by atoms with Crippen molar-refractivity contribution in [2.24, 2.45) is 5.10 Å². The van der Waals surface area contributed by atoms with E-state index in [4.69, 9.17) is 4.74 Å². The van der Waals surface area contributed by atoms with Crippen LogP contribution in [0, 0.1) is 0 Å². The van der Waals surface area contributed by atoms with Crippen LogP contribution in [0.2, 0.25) is 0 Å². The van der Waals surface area contributed by atoms with Crippen LogP contribution in [-0.2, 0) is 4.79 Å². The van der Waals surface area contributed by atoms with Gasteiger partial charge in [-0.2, -0.15) is 5.10 Å². The Balaban J connectivity index is 1.49. The van der Waals surface area contributed by atoms with Gasteiger partial charge in [0.15, 0.2) is 0 Å². The lowest BCUT2D eigenvalue weighted by atomic mass is 9.84. The highest BCUT2D eigenvalue weighted by Gasteiger charge is 2.15. The fraction of sp³-hybridized carbons (Fsp3) is 0.391. The summed E-state index contributed by atoms with van der Waals surface area (Å²) < 4.78 is 5.12. The summed E-state index contributed by atoms with van der Waals surface area (Å²) in [5.41, 5.74) is 6.72. The van der Waals surface area contributed by atoms with Crippen LogP contribution >= 0.6 is 0 Å². The van der Waals surface area contributed by atoms with Gasteiger partial charge in [-0.15, -0.1) is 0 Å². The number of hydrogen-bond donors (Lipinski definition) is 2. The van der Waals surface area contributed by atoms with Crippen LogP contribution in [-0.4, -0.2) is 25.3 Å². The molecule has 1 fully saturated rings. The van der Waals surface area contributed by atoms with Crippen LogP contribution in [0.4, 0.5) is 5.69 Å². The second-order valence-electron chi connectivity index (χ2n) is 7.27. The van der Waals surface area contributed by atoms with E-state index in [1.165, 1.54) is 37.7 Å². The molecule has 1 aliphatic carbocycles. The van der Waals surface area contributed by atoms with Crippen molar-refractivity contribution in [2.75, 3.05) is 19.0 Å². The minimum atomic E-state index is -0.186. The van der Waals surface area contributed by atoms with E-state index in [2.05, 4.69) is 40.1 Å². The van der Waals surface area contributed by atoms with Gasteiger partial charge in [0.25, 0.3) is 5.91 Å². The Morgan fingerprint density at radius 3 is 2.36 bits per heavy atom. The topological polar surface area (TPSA) is 62.7 Å². The van der Waals surface area contributed by atoms with Gasteiger partial charge < -0.3 is 10.1 Å². The van der Waals surface area contributed by atoms with Crippen molar-refractivity contribution in [3.63, 3.8) is 0 Å². The Labute approximate surface area is 167 Å². The van der Waals surface area contributed by atoms with Crippen molar-refractivity contribution in [3.05, 3.63) is 59.7 Å². The number of rotatable bonds is 7. The smallest absolute Gasteiger partial charge is 0.259 e. The molecule has 28 heavy (non-hydrogen) atoms. The number of amides is 1.